The highest BCUT2D eigenvalue weighted by atomic mass is 32.1. The van der Waals surface area contributed by atoms with E-state index in [1.165, 1.54) is 18.4 Å². The lowest BCUT2D eigenvalue weighted by Gasteiger charge is -2.14. The Bertz CT molecular complexity index is 1360. The Hall–Kier alpha value is -3.97. The summed E-state index contributed by atoms with van der Waals surface area (Å²) >= 11 is 1.45. The Labute approximate surface area is 213 Å². The van der Waals surface area contributed by atoms with Crippen LogP contribution in [0.4, 0.5) is 10.6 Å². The molecule has 1 saturated carbocycles. The van der Waals surface area contributed by atoms with Gasteiger partial charge in [0, 0.05) is 0 Å². The highest BCUT2D eigenvalue weighted by molar-refractivity contribution is 7.13. The van der Waals surface area contributed by atoms with E-state index in [-0.39, 0.29) is 12.1 Å². The minimum absolute atomic E-state index is 0.160. The number of nitrogens with one attached hydrogen (secondary N) is 1. The summed E-state index contributed by atoms with van der Waals surface area (Å²) in [7, 11) is 1.44. The average molecular weight is 499 g/mol. The van der Waals surface area contributed by atoms with E-state index in [9.17, 15) is 9.59 Å². The van der Waals surface area contributed by atoms with E-state index in [0.29, 0.717) is 5.82 Å². The Kier molecular flexibility index (Phi) is 6.57. The van der Waals surface area contributed by atoms with E-state index in [1.807, 2.05) is 85.8 Å². The quantitative estimate of drug-likeness (QED) is 0.278. The lowest BCUT2D eigenvalue weighted by Crippen LogP contribution is -2.21. The molecule has 1 atom stereocenters. The van der Waals surface area contributed by atoms with Crippen LogP contribution in [0.5, 0.6) is 0 Å². The number of nitrogens with zero attached hydrogens (tertiary/aromatic N) is 1. The predicted octanol–water partition coefficient (Wildman–Crippen LogP) is 6.99. The summed E-state index contributed by atoms with van der Waals surface area (Å²) in [6.07, 6.45) is 0.743. The first-order valence-corrected chi connectivity index (χ1v) is 12.6. The van der Waals surface area contributed by atoms with Crippen LogP contribution in [-0.2, 0) is 19.7 Å². The van der Waals surface area contributed by atoms with Crippen molar-refractivity contribution in [3.63, 3.8) is 0 Å². The zero-order valence-electron chi connectivity index (χ0n) is 20.1. The van der Waals surface area contributed by atoms with Crippen LogP contribution in [0.1, 0.15) is 37.0 Å². The maximum Gasteiger partial charge on any atom is 0.413 e. The van der Waals surface area contributed by atoms with Crippen LogP contribution in [-0.4, -0.2) is 24.2 Å². The summed E-state index contributed by atoms with van der Waals surface area (Å²) in [6, 6.07) is 25.8. The zero-order valence-corrected chi connectivity index (χ0v) is 20.9. The number of amides is 1. The molecule has 4 aromatic rings. The van der Waals surface area contributed by atoms with Crippen molar-refractivity contribution in [2.45, 2.75) is 31.3 Å². The minimum Gasteiger partial charge on any atom is -0.468 e. The SMILES string of the molecule is COC(=O)C1(c2ccc(-c3ccc(-c4scnc4NC(=O)O[C@H](C)c4ccccc4)cc3)cc2)CC1. The van der Waals surface area contributed by atoms with Gasteiger partial charge in [-0.15, -0.1) is 11.3 Å². The number of thiazole rings is 1. The minimum atomic E-state index is -0.546. The topological polar surface area (TPSA) is 77.5 Å². The van der Waals surface area contributed by atoms with E-state index in [0.717, 1.165) is 45.5 Å². The third-order valence-corrected chi connectivity index (χ3v) is 7.46. The number of benzene rings is 3. The summed E-state index contributed by atoms with van der Waals surface area (Å²) in [5, 5.41) is 2.78. The molecule has 0 aliphatic heterocycles. The molecule has 1 fully saturated rings. The molecule has 36 heavy (non-hydrogen) atoms. The average Bonchev–Trinajstić information content (AvgIpc) is 3.61. The van der Waals surface area contributed by atoms with Crippen LogP contribution < -0.4 is 5.32 Å². The molecule has 182 valence electrons. The predicted molar refractivity (Wildman–Crippen MR) is 141 cm³/mol. The molecule has 1 amide bonds. The van der Waals surface area contributed by atoms with E-state index in [4.69, 9.17) is 9.47 Å². The first-order chi connectivity index (χ1) is 17.5. The highest BCUT2D eigenvalue weighted by Gasteiger charge is 2.52. The number of carbonyl (C=O) groups excluding carboxylic acids is 2. The number of hydrogen-bond donors (Lipinski definition) is 1. The van der Waals surface area contributed by atoms with Gasteiger partial charge in [0.05, 0.1) is 22.9 Å². The second-order valence-corrected chi connectivity index (χ2v) is 9.70. The molecule has 0 radical (unpaired) electrons. The molecule has 1 aliphatic carbocycles. The molecule has 7 heteroatoms. The largest absolute Gasteiger partial charge is 0.468 e. The summed E-state index contributed by atoms with van der Waals surface area (Å²) in [5.74, 6) is 0.312. The van der Waals surface area contributed by atoms with Crippen molar-refractivity contribution in [2.24, 2.45) is 0 Å². The maximum atomic E-state index is 12.5. The van der Waals surface area contributed by atoms with Crippen molar-refractivity contribution in [3.8, 4) is 21.6 Å². The van der Waals surface area contributed by atoms with E-state index in [1.54, 1.807) is 5.51 Å². The van der Waals surface area contributed by atoms with Gasteiger partial charge in [-0.05, 0) is 47.6 Å². The standard InChI is InChI=1S/C29H26N2O4S/c1-19(20-6-4-3-5-7-20)35-28(33)31-26-25(36-18-30-26)23-10-8-21(9-11-23)22-12-14-24(15-13-22)29(16-17-29)27(32)34-2/h3-15,18-19H,16-17H2,1-2H3,(H,31,33)/t19-/m1/s1. The molecule has 6 nitrogen and oxygen atoms in total. The van der Waals surface area contributed by atoms with Crippen molar-refractivity contribution in [3.05, 3.63) is 95.5 Å². The highest BCUT2D eigenvalue weighted by Crippen LogP contribution is 2.49. The zero-order chi connectivity index (χ0) is 25.1. The molecule has 1 N–H and O–H groups in total. The van der Waals surface area contributed by atoms with Crippen molar-refractivity contribution < 1.29 is 19.1 Å². The number of hydrogen-bond acceptors (Lipinski definition) is 6. The van der Waals surface area contributed by atoms with Gasteiger partial charge in [0.2, 0.25) is 0 Å². The molecule has 1 heterocycles. The fourth-order valence-electron chi connectivity index (χ4n) is 4.35. The molecule has 1 aromatic heterocycles. The fraction of sp³-hybridized carbons (Fsp3) is 0.207. The molecular weight excluding hydrogens is 472 g/mol. The van der Waals surface area contributed by atoms with Crippen molar-refractivity contribution >= 4 is 29.2 Å². The van der Waals surface area contributed by atoms with Crippen molar-refractivity contribution in [1.82, 2.24) is 4.98 Å². The van der Waals surface area contributed by atoms with E-state index in [2.05, 4.69) is 10.3 Å². The van der Waals surface area contributed by atoms with E-state index >= 15 is 0 Å². The smallest absolute Gasteiger partial charge is 0.413 e. The van der Waals surface area contributed by atoms with E-state index < -0.39 is 11.5 Å². The monoisotopic (exact) mass is 498 g/mol. The van der Waals surface area contributed by atoms with Gasteiger partial charge in [-0.2, -0.15) is 0 Å². The molecule has 0 unspecified atom stereocenters. The van der Waals surface area contributed by atoms with Crippen LogP contribution in [0.3, 0.4) is 0 Å². The number of ether oxygens (including phenoxy) is 2. The number of carbonyl (C=O) groups is 2. The van der Waals surface area contributed by atoms with Gasteiger partial charge in [0.25, 0.3) is 0 Å². The van der Waals surface area contributed by atoms with Crippen LogP contribution in [0.2, 0.25) is 0 Å². The third-order valence-electron chi connectivity index (χ3n) is 6.58. The van der Waals surface area contributed by atoms with Crippen LogP contribution in [0.25, 0.3) is 21.6 Å². The number of esters is 1. The molecular formula is C29H26N2O4S. The van der Waals surface area contributed by atoms with Crippen LogP contribution >= 0.6 is 11.3 Å². The molecule has 0 saturated heterocycles. The summed E-state index contributed by atoms with van der Waals surface area (Å²) in [5.41, 5.74) is 6.23. The van der Waals surface area contributed by atoms with Gasteiger partial charge in [-0.25, -0.2) is 9.78 Å². The summed E-state index contributed by atoms with van der Waals surface area (Å²) < 4.78 is 10.5. The van der Waals surface area contributed by atoms with Gasteiger partial charge in [-0.3, -0.25) is 10.1 Å². The second-order valence-electron chi connectivity index (χ2n) is 8.84. The van der Waals surface area contributed by atoms with Gasteiger partial charge in [-0.1, -0.05) is 78.9 Å². The van der Waals surface area contributed by atoms with Crippen molar-refractivity contribution in [2.75, 3.05) is 12.4 Å². The van der Waals surface area contributed by atoms with Crippen LogP contribution in [0, 0.1) is 0 Å². The second kappa shape index (κ2) is 9.95. The third kappa shape index (κ3) is 4.75. The Morgan fingerprint density at radius 1 is 0.917 bits per heavy atom. The number of rotatable bonds is 7. The Morgan fingerprint density at radius 3 is 2.14 bits per heavy atom. The molecule has 3 aromatic carbocycles. The van der Waals surface area contributed by atoms with Gasteiger partial charge in [0.1, 0.15) is 6.10 Å². The number of aromatic nitrogens is 1. The summed E-state index contributed by atoms with van der Waals surface area (Å²) in [6.45, 7) is 1.84. The lowest BCUT2D eigenvalue weighted by atomic mass is 9.93. The molecule has 1 aliphatic rings. The normalized spacial score (nSPS) is 14.5. The lowest BCUT2D eigenvalue weighted by molar-refractivity contribution is -0.143. The van der Waals surface area contributed by atoms with Gasteiger partial charge in [0.15, 0.2) is 5.82 Å². The van der Waals surface area contributed by atoms with Gasteiger partial charge >= 0.3 is 12.1 Å². The first-order valence-electron chi connectivity index (χ1n) is 11.8. The fourth-order valence-corrected chi connectivity index (χ4v) is 5.10. The van der Waals surface area contributed by atoms with Gasteiger partial charge < -0.3 is 9.47 Å². The summed E-state index contributed by atoms with van der Waals surface area (Å²) in [4.78, 5) is 29.8. The molecule has 0 bridgehead atoms. The van der Waals surface area contributed by atoms with Crippen molar-refractivity contribution in [1.29, 1.82) is 0 Å². The number of methoxy groups -OCH3 is 1. The Balaban J connectivity index is 1.27. The Morgan fingerprint density at radius 2 is 1.53 bits per heavy atom. The first kappa shape index (κ1) is 23.8. The van der Waals surface area contributed by atoms with Crippen LogP contribution in [0.15, 0.2) is 84.4 Å². The molecule has 0 spiro atoms. The maximum absolute atomic E-state index is 12.5. The molecule has 5 rings (SSSR count). The number of anilines is 1.